The Morgan fingerprint density at radius 3 is 2.82 bits per heavy atom. The fourth-order valence-corrected chi connectivity index (χ4v) is 2.95. The van der Waals surface area contributed by atoms with E-state index in [1.165, 1.54) is 11.1 Å². The van der Waals surface area contributed by atoms with Gasteiger partial charge in [0.05, 0.1) is 12.4 Å². The molecular formula is C16H23N3O2S. The summed E-state index contributed by atoms with van der Waals surface area (Å²) in [6.45, 7) is 5.03. The van der Waals surface area contributed by atoms with Crippen LogP contribution in [0.3, 0.4) is 0 Å². The second-order valence-corrected chi connectivity index (χ2v) is 6.13. The summed E-state index contributed by atoms with van der Waals surface area (Å²) in [7, 11) is 0. The van der Waals surface area contributed by atoms with Crippen molar-refractivity contribution in [2.75, 3.05) is 12.4 Å². The molecule has 0 fully saturated rings. The van der Waals surface area contributed by atoms with E-state index >= 15 is 0 Å². The first kappa shape index (κ1) is 16.7. The number of nitrogens with zero attached hydrogens (tertiary/aromatic N) is 1. The number of nitrogens with one attached hydrogen (secondary N) is 2. The third kappa shape index (κ3) is 4.94. The van der Waals surface area contributed by atoms with E-state index in [4.69, 9.17) is 4.74 Å². The molecule has 0 bridgehead atoms. The van der Waals surface area contributed by atoms with E-state index < -0.39 is 0 Å². The third-order valence-corrected chi connectivity index (χ3v) is 4.45. The van der Waals surface area contributed by atoms with Gasteiger partial charge in [0.1, 0.15) is 11.6 Å². The minimum absolute atomic E-state index is 0.249. The van der Waals surface area contributed by atoms with Crippen LogP contribution in [0.4, 0.5) is 0 Å². The molecular weight excluding hydrogens is 298 g/mol. The van der Waals surface area contributed by atoms with Crippen molar-refractivity contribution < 1.29 is 4.74 Å². The van der Waals surface area contributed by atoms with Crippen LogP contribution in [0.25, 0.3) is 0 Å². The number of rotatable bonds is 9. The van der Waals surface area contributed by atoms with E-state index in [9.17, 15) is 4.79 Å². The molecule has 0 aliphatic rings. The zero-order chi connectivity index (χ0) is 15.8. The summed E-state index contributed by atoms with van der Waals surface area (Å²) in [6.07, 6.45) is 3.02. The predicted molar refractivity (Wildman–Crippen MR) is 90.7 cm³/mol. The van der Waals surface area contributed by atoms with E-state index in [0.717, 1.165) is 30.8 Å². The average molecular weight is 321 g/mol. The third-order valence-electron chi connectivity index (χ3n) is 3.39. The molecule has 2 aromatic rings. The molecule has 0 saturated carbocycles. The lowest BCUT2D eigenvalue weighted by Crippen LogP contribution is -2.02. The first-order chi connectivity index (χ1) is 10.7. The lowest BCUT2D eigenvalue weighted by Gasteiger charge is -2.11. The van der Waals surface area contributed by atoms with Crippen molar-refractivity contribution >= 4 is 11.8 Å². The molecule has 0 amide bonds. The first-order valence-corrected chi connectivity index (χ1v) is 8.84. The van der Waals surface area contributed by atoms with Crippen molar-refractivity contribution in [3.05, 3.63) is 45.6 Å². The van der Waals surface area contributed by atoms with Gasteiger partial charge < -0.3 is 4.74 Å². The number of aromatic amines is 2. The van der Waals surface area contributed by atoms with Gasteiger partial charge >= 0.3 is 5.69 Å². The molecule has 0 aliphatic heterocycles. The number of aromatic nitrogens is 3. The molecule has 1 aromatic carbocycles. The topological polar surface area (TPSA) is 70.8 Å². The van der Waals surface area contributed by atoms with Gasteiger partial charge in [-0.3, -0.25) is 4.98 Å². The Balaban J connectivity index is 1.69. The Kier molecular flexibility index (Phi) is 6.58. The molecule has 1 aromatic heterocycles. The molecule has 0 atom stereocenters. The van der Waals surface area contributed by atoms with Crippen LogP contribution in [0, 0.1) is 0 Å². The molecule has 22 heavy (non-hydrogen) atoms. The Bertz CT molecular complexity index is 636. The van der Waals surface area contributed by atoms with Gasteiger partial charge in [-0.1, -0.05) is 26.0 Å². The first-order valence-electron chi connectivity index (χ1n) is 7.68. The molecule has 0 unspecified atom stereocenters. The summed E-state index contributed by atoms with van der Waals surface area (Å²) in [5, 5.41) is 6.24. The maximum absolute atomic E-state index is 10.9. The highest BCUT2D eigenvalue weighted by Gasteiger charge is 2.03. The van der Waals surface area contributed by atoms with Crippen LogP contribution in [0.2, 0.25) is 0 Å². The lowest BCUT2D eigenvalue weighted by atomic mass is 10.1. The number of hydrogen-bond donors (Lipinski definition) is 2. The zero-order valence-electron chi connectivity index (χ0n) is 13.1. The zero-order valence-corrected chi connectivity index (χ0v) is 14.0. The van der Waals surface area contributed by atoms with Gasteiger partial charge in [-0.15, -0.1) is 0 Å². The van der Waals surface area contributed by atoms with Crippen molar-refractivity contribution in [2.45, 2.75) is 38.9 Å². The molecule has 0 aliphatic carbocycles. The molecule has 2 rings (SSSR count). The minimum atomic E-state index is -0.249. The number of benzene rings is 1. The van der Waals surface area contributed by atoms with E-state index in [2.05, 4.69) is 47.2 Å². The molecule has 2 N–H and O–H groups in total. The van der Waals surface area contributed by atoms with Crippen LogP contribution in [0.1, 0.15) is 37.2 Å². The summed E-state index contributed by atoms with van der Waals surface area (Å²) in [5.74, 6) is 3.38. The Morgan fingerprint density at radius 2 is 2.14 bits per heavy atom. The molecule has 0 saturated heterocycles. The lowest BCUT2D eigenvalue weighted by molar-refractivity contribution is 0.315. The quantitative estimate of drug-likeness (QED) is 0.697. The maximum atomic E-state index is 10.9. The number of hydrogen-bond acceptors (Lipinski definition) is 4. The minimum Gasteiger partial charge on any atom is -0.493 e. The van der Waals surface area contributed by atoms with Gasteiger partial charge in [0, 0.05) is 0 Å². The van der Waals surface area contributed by atoms with Crippen molar-refractivity contribution in [1.29, 1.82) is 0 Å². The summed E-state index contributed by atoms with van der Waals surface area (Å²) in [5.41, 5.74) is 2.38. The average Bonchev–Trinajstić information content (AvgIpc) is 2.96. The molecule has 120 valence electrons. The van der Waals surface area contributed by atoms with Crippen molar-refractivity contribution in [2.24, 2.45) is 0 Å². The van der Waals surface area contributed by atoms with Crippen LogP contribution in [0.5, 0.6) is 5.75 Å². The molecule has 5 nitrogen and oxygen atoms in total. The van der Waals surface area contributed by atoms with Crippen LogP contribution < -0.4 is 10.4 Å². The standard InChI is InChI=1S/C16H23N3O2S/c1-3-12-6-7-14(13(4-2)10-12)21-8-5-9-22-11-15-17-16(20)19-18-15/h6-7,10H,3-5,8-9,11H2,1-2H3,(H2,17,18,19,20). The number of aryl methyl sites for hydroxylation is 2. The normalized spacial score (nSPS) is 10.8. The van der Waals surface area contributed by atoms with Crippen LogP contribution in [-0.4, -0.2) is 27.5 Å². The highest BCUT2D eigenvalue weighted by molar-refractivity contribution is 7.98. The van der Waals surface area contributed by atoms with Crippen LogP contribution >= 0.6 is 11.8 Å². The number of ether oxygens (including phenoxy) is 1. The Hall–Kier alpha value is -1.69. The molecule has 1 heterocycles. The molecule has 0 radical (unpaired) electrons. The second-order valence-electron chi connectivity index (χ2n) is 5.03. The van der Waals surface area contributed by atoms with Crippen molar-refractivity contribution in [3.8, 4) is 5.75 Å². The van der Waals surface area contributed by atoms with E-state index in [1.807, 2.05) is 0 Å². The Morgan fingerprint density at radius 1 is 1.27 bits per heavy atom. The van der Waals surface area contributed by atoms with Crippen LogP contribution in [-0.2, 0) is 18.6 Å². The monoisotopic (exact) mass is 321 g/mol. The number of H-pyrrole nitrogens is 2. The predicted octanol–water partition coefficient (Wildman–Crippen LogP) is 2.93. The molecule has 0 spiro atoms. The molecule has 6 heteroatoms. The summed E-state index contributed by atoms with van der Waals surface area (Å²) in [6, 6.07) is 6.45. The van der Waals surface area contributed by atoms with Gasteiger partial charge in [0.15, 0.2) is 0 Å². The summed E-state index contributed by atoms with van der Waals surface area (Å²) < 4.78 is 5.89. The fourth-order valence-electron chi connectivity index (χ4n) is 2.16. The fraction of sp³-hybridized carbons (Fsp3) is 0.500. The SMILES string of the molecule is CCc1ccc(OCCCSCc2n[nH]c(=O)[nH]2)c(CC)c1. The van der Waals surface area contributed by atoms with Crippen LogP contribution in [0.15, 0.2) is 23.0 Å². The summed E-state index contributed by atoms with van der Waals surface area (Å²) >= 11 is 1.74. The van der Waals surface area contributed by atoms with Gasteiger partial charge in [0.25, 0.3) is 0 Å². The van der Waals surface area contributed by atoms with E-state index in [1.54, 1.807) is 11.8 Å². The highest BCUT2D eigenvalue weighted by atomic mass is 32.2. The second kappa shape index (κ2) is 8.68. The Labute approximate surface area is 134 Å². The highest BCUT2D eigenvalue weighted by Crippen LogP contribution is 2.21. The number of thioether (sulfide) groups is 1. The van der Waals surface area contributed by atoms with Crippen molar-refractivity contribution in [3.63, 3.8) is 0 Å². The maximum Gasteiger partial charge on any atom is 0.340 e. The van der Waals surface area contributed by atoms with Gasteiger partial charge in [-0.25, -0.2) is 9.89 Å². The largest absolute Gasteiger partial charge is 0.493 e. The summed E-state index contributed by atoms with van der Waals surface area (Å²) in [4.78, 5) is 13.5. The van der Waals surface area contributed by atoms with Gasteiger partial charge in [-0.2, -0.15) is 16.9 Å². The van der Waals surface area contributed by atoms with Gasteiger partial charge in [0.2, 0.25) is 0 Å². The smallest absolute Gasteiger partial charge is 0.340 e. The van der Waals surface area contributed by atoms with Crippen molar-refractivity contribution in [1.82, 2.24) is 15.2 Å². The van der Waals surface area contributed by atoms with Gasteiger partial charge in [-0.05, 0) is 42.2 Å². The van der Waals surface area contributed by atoms with E-state index in [-0.39, 0.29) is 5.69 Å². The van der Waals surface area contributed by atoms with E-state index in [0.29, 0.717) is 18.2 Å².